The van der Waals surface area contributed by atoms with Crippen LogP contribution in [0.2, 0.25) is 0 Å². The van der Waals surface area contributed by atoms with E-state index in [1.165, 1.54) is 24.3 Å². The van der Waals surface area contributed by atoms with E-state index in [4.69, 9.17) is 0 Å². The average Bonchev–Trinajstić information content (AvgIpc) is 2.70. The number of rotatable bonds is 3. The Balaban J connectivity index is 1.90. The van der Waals surface area contributed by atoms with Crippen LogP contribution in [0.25, 0.3) is 0 Å². The number of nitrogens with one attached hydrogen (secondary N) is 1. The first-order valence-corrected chi connectivity index (χ1v) is 10.3. The van der Waals surface area contributed by atoms with Crippen LogP contribution in [0.1, 0.15) is 22.9 Å². The van der Waals surface area contributed by atoms with Crippen molar-refractivity contribution in [2.24, 2.45) is 0 Å². The fourth-order valence-corrected chi connectivity index (χ4v) is 5.13. The number of hydrogen-bond acceptors (Lipinski definition) is 3. The maximum absolute atomic E-state index is 13.7. The monoisotopic (exact) mass is 418 g/mol. The molecule has 0 aromatic heterocycles. The number of para-hydroxylation sites is 1. The molecule has 0 amide bonds. The average molecular weight is 418 g/mol. The van der Waals surface area contributed by atoms with Gasteiger partial charge in [0.15, 0.2) is 0 Å². The molecule has 1 aliphatic heterocycles. The van der Waals surface area contributed by atoms with E-state index >= 15 is 0 Å². The summed E-state index contributed by atoms with van der Waals surface area (Å²) in [6, 6.07) is 20.0. The molecule has 0 spiro atoms. The standard InChI is InChI=1S/C21H17F3N2O2S/c22-21(23,24)17-11-5-4-10-16(17)20-25-18-12-6-7-13-19(18)29(27,28)26(20)14-15-8-2-1-3-9-15/h1-13,20,25H,14H2/t20-/m1/s1. The van der Waals surface area contributed by atoms with Gasteiger partial charge in [0.1, 0.15) is 11.1 Å². The molecule has 4 nitrogen and oxygen atoms in total. The lowest BCUT2D eigenvalue weighted by molar-refractivity contribution is -0.138. The number of fused-ring (bicyclic) bond motifs is 1. The Morgan fingerprint density at radius 2 is 1.48 bits per heavy atom. The van der Waals surface area contributed by atoms with Crippen LogP contribution in [0.4, 0.5) is 18.9 Å². The van der Waals surface area contributed by atoms with Crippen LogP contribution in [0.15, 0.2) is 83.8 Å². The summed E-state index contributed by atoms with van der Waals surface area (Å²) in [6.07, 6.45) is -5.81. The summed E-state index contributed by atoms with van der Waals surface area (Å²) < 4.78 is 68.7. The van der Waals surface area contributed by atoms with E-state index in [-0.39, 0.29) is 22.7 Å². The minimum Gasteiger partial charge on any atom is -0.364 e. The summed E-state index contributed by atoms with van der Waals surface area (Å²) in [5, 5.41) is 3.00. The van der Waals surface area contributed by atoms with E-state index in [1.54, 1.807) is 48.5 Å². The van der Waals surface area contributed by atoms with Crippen molar-refractivity contribution >= 4 is 15.7 Å². The van der Waals surface area contributed by atoms with Crippen LogP contribution in [0, 0.1) is 0 Å². The molecule has 0 fully saturated rings. The fraction of sp³-hybridized carbons (Fsp3) is 0.143. The highest BCUT2D eigenvalue weighted by Gasteiger charge is 2.43. The summed E-state index contributed by atoms with van der Waals surface area (Å²) in [6.45, 7) is -0.0681. The van der Waals surface area contributed by atoms with Gasteiger partial charge >= 0.3 is 6.18 Å². The number of sulfonamides is 1. The van der Waals surface area contributed by atoms with Gasteiger partial charge in [0.2, 0.25) is 10.0 Å². The summed E-state index contributed by atoms with van der Waals surface area (Å²) in [4.78, 5) is 0.0386. The molecule has 0 unspecified atom stereocenters. The molecule has 0 bridgehead atoms. The summed E-state index contributed by atoms with van der Waals surface area (Å²) >= 11 is 0. The zero-order chi connectivity index (χ0) is 20.6. The molecule has 0 saturated heterocycles. The minimum atomic E-state index is -4.61. The zero-order valence-corrected chi connectivity index (χ0v) is 15.9. The van der Waals surface area contributed by atoms with Gasteiger partial charge in [-0.05, 0) is 23.8 Å². The van der Waals surface area contributed by atoms with Crippen molar-refractivity contribution in [2.45, 2.75) is 23.8 Å². The SMILES string of the molecule is O=S1(=O)c2ccccc2N[C@@H](c2ccccc2C(F)(F)F)N1Cc1ccccc1. The van der Waals surface area contributed by atoms with E-state index in [2.05, 4.69) is 5.32 Å². The molecule has 3 aromatic carbocycles. The second-order valence-corrected chi connectivity index (χ2v) is 8.52. The smallest absolute Gasteiger partial charge is 0.364 e. The summed E-state index contributed by atoms with van der Waals surface area (Å²) in [5.41, 5.74) is -0.0651. The van der Waals surface area contributed by atoms with E-state index in [0.717, 1.165) is 10.4 Å². The molecule has 1 aliphatic rings. The van der Waals surface area contributed by atoms with Crippen molar-refractivity contribution in [2.75, 3.05) is 5.32 Å². The van der Waals surface area contributed by atoms with Gasteiger partial charge in [-0.3, -0.25) is 0 Å². The molecule has 1 heterocycles. The normalized spacial score (nSPS) is 18.7. The molecule has 29 heavy (non-hydrogen) atoms. The second kappa shape index (κ2) is 7.20. The van der Waals surface area contributed by atoms with Crippen molar-refractivity contribution in [1.82, 2.24) is 4.31 Å². The highest BCUT2D eigenvalue weighted by molar-refractivity contribution is 7.89. The summed E-state index contributed by atoms with van der Waals surface area (Å²) in [7, 11) is -4.04. The van der Waals surface area contributed by atoms with Crippen LogP contribution in [0.5, 0.6) is 0 Å². The Labute approximate surface area is 166 Å². The topological polar surface area (TPSA) is 49.4 Å². The maximum atomic E-state index is 13.7. The number of benzene rings is 3. The highest BCUT2D eigenvalue weighted by atomic mass is 32.2. The molecule has 0 radical (unpaired) electrons. The molecule has 0 aliphatic carbocycles. The number of hydrogen-bond donors (Lipinski definition) is 1. The molecule has 1 N–H and O–H groups in total. The maximum Gasteiger partial charge on any atom is 0.416 e. The van der Waals surface area contributed by atoms with Crippen molar-refractivity contribution in [1.29, 1.82) is 0 Å². The first-order valence-electron chi connectivity index (χ1n) is 8.86. The van der Waals surface area contributed by atoms with Gasteiger partial charge in [0.25, 0.3) is 0 Å². The van der Waals surface area contributed by atoms with E-state index < -0.39 is 27.9 Å². The van der Waals surface area contributed by atoms with Crippen LogP contribution in [0.3, 0.4) is 0 Å². The van der Waals surface area contributed by atoms with Gasteiger partial charge in [-0.25, -0.2) is 8.42 Å². The van der Waals surface area contributed by atoms with E-state index in [9.17, 15) is 21.6 Å². The van der Waals surface area contributed by atoms with Gasteiger partial charge in [-0.15, -0.1) is 0 Å². The Morgan fingerprint density at radius 1 is 0.862 bits per heavy atom. The lowest BCUT2D eigenvalue weighted by Crippen LogP contribution is -2.42. The first kappa shape index (κ1) is 19.5. The Morgan fingerprint density at radius 3 is 2.21 bits per heavy atom. The third-order valence-electron chi connectivity index (χ3n) is 4.80. The van der Waals surface area contributed by atoms with Crippen molar-refractivity contribution in [3.8, 4) is 0 Å². The third kappa shape index (κ3) is 3.61. The van der Waals surface area contributed by atoms with Gasteiger partial charge in [-0.1, -0.05) is 60.7 Å². The number of nitrogens with zero attached hydrogens (tertiary/aromatic N) is 1. The predicted molar refractivity (Wildman–Crippen MR) is 103 cm³/mol. The Kier molecular flexibility index (Phi) is 4.84. The predicted octanol–water partition coefficient (Wildman–Crippen LogP) is 5.02. The van der Waals surface area contributed by atoms with Crippen LogP contribution < -0.4 is 5.32 Å². The van der Waals surface area contributed by atoms with Crippen molar-refractivity contribution in [3.05, 3.63) is 95.6 Å². The lowest BCUT2D eigenvalue weighted by atomic mass is 10.0. The lowest BCUT2D eigenvalue weighted by Gasteiger charge is -2.38. The van der Waals surface area contributed by atoms with Crippen LogP contribution >= 0.6 is 0 Å². The number of alkyl halides is 3. The molecule has 4 rings (SSSR count). The number of halogens is 3. The van der Waals surface area contributed by atoms with Crippen LogP contribution in [-0.2, 0) is 22.7 Å². The molecule has 8 heteroatoms. The van der Waals surface area contributed by atoms with Gasteiger partial charge in [-0.2, -0.15) is 17.5 Å². The quantitative estimate of drug-likeness (QED) is 0.650. The highest BCUT2D eigenvalue weighted by Crippen LogP contribution is 2.43. The zero-order valence-electron chi connectivity index (χ0n) is 15.1. The Hall–Kier alpha value is -2.84. The van der Waals surface area contributed by atoms with Gasteiger partial charge in [0.05, 0.1) is 11.3 Å². The van der Waals surface area contributed by atoms with Gasteiger partial charge < -0.3 is 5.32 Å². The first-order chi connectivity index (χ1) is 13.8. The number of anilines is 1. The summed E-state index contributed by atoms with van der Waals surface area (Å²) in [5.74, 6) is 0. The third-order valence-corrected chi connectivity index (χ3v) is 6.67. The largest absolute Gasteiger partial charge is 0.416 e. The van der Waals surface area contributed by atoms with Gasteiger partial charge in [0, 0.05) is 12.1 Å². The minimum absolute atomic E-state index is 0.0386. The van der Waals surface area contributed by atoms with E-state index in [0.29, 0.717) is 5.56 Å². The molecule has 0 saturated carbocycles. The molecular formula is C21H17F3N2O2S. The van der Waals surface area contributed by atoms with E-state index in [1.807, 2.05) is 0 Å². The molecule has 1 atom stereocenters. The fourth-order valence-electron chi connectivity index (χ4n) is 3.46. The van der Waals surface area contributed by atoms with Crippen molar-refractivity contribution in [3.63, 3.8) is 0 Å². The van der Waals surface area contributed by atoms with Crippen molar-refractivity contribution < 1.29 is 21.6 Å². The van der Waals surface area contributed by atoms with Crippen LogP contribution in [-0.4, -0.2) is 12.7 Å². The molecule has 150 valence electrons. The molecular weight excluding hydrogens is 401 g/mol. The molecule has 3 aromatic rings. The Bertz CT molecular complexity index is 1130. The second-order valence-electron chi connectivity index (χ2n) is 6.66.